The Hall–Kier alpha value is -3.53. The normalized spacial score (nSPS) is 18.2. The van der Waals surface area contributed by atoms with Crippen LogP contribution < -0.4 is 10.6 Å². The van der Waals surface area contributed by atoms with Crippen molar-refractivity contribution in [3.8, 4) is 0 Å². The molecule has 4 amide bonds. The lowest BCUT2D eigenvalue weighted by molar-refractivity contribution is -0.136. The molecule has 1 saturated heterocycles. The third-order valence-corrected chi connectivity index (χ3v) is 7.61. The summed E-state index contributed by atoms with van der Waals surface area (Å²) in [5.74, 6) is -1.53. The van der Waals surface area contributed by atoms with Crippen molar-refractivity contribution >= 4 is 33.5 Å². The molecule has 2 aliphatic rings. The van der Waals surface area contributed by atoms with E-state index in [9.17, 15) is 27.6 Å². The third-order valence-electron chi connectivity index (χ3n) is 5.88. The van der Waals surface area contributed by atoms with Gasteiger partial charge in [-0.3, -0.25) is 24.5 Å². The molecule has 1 unspecified atom stereocenters. The van der Waals surface area contributed by atoms with Crippen LogP contribution in [0.25, 0.3) is 0 Å². The van der Waals surface area contributed by atoms with Gasteiger partial charge in [0, 0.05) is 30.6 Å². The molecule has 2 heterocycles. The molecule has 33 heavy (non-hydrogen) atoms. The molecule has 2 N–H and O–H groups in total. The van der Waals surface area contributed by atoms with E-state index in [0.717, 1.165) is 11.1 Å². The fourth-order valence-electron chi connectivity index (χ4n) is 4.02. The number of hydrogen-bond donors (Lipinski definition) is 2. The topological polar surface area (TPSA) is 130 Å². The number of rotatable bonds is 6. The van der Waals surface area contributed by atoms with Crippen LogP contribution in [0.1, 0.15) is 51.6 Å². The number of sulfone groups is 1. The SMILES string of the molecule is CCS(=O)(=O)c1cccc(C(=O)NCc2ccc3c(c2)CN(C2CCC(=O)NC2=O)C3=O)c1. The highest BCUT2D eigenvalue weighted by molar-refractivity contribution is 7.91. The van der Waals surface area contributed by atoms with Gasteiger partial charge in [-0.1, -0.05) is 25.1 Å². The smallest absolute Gasteiger partial charge is 0.255 e. The van der Waals surface area contributed by atoms with Crippen LogP contribution in [0.2, 0.25) is 0 Å². The second-order valence-electron chi connectivity index (χ2n) is 8.01. The number of fused-ring (bicyclic) bond motifs is 1. The van der Waals surface area contributed by atoms with E-state index < -0.39 is 27.7 Å². The maximum absolute atomic E-state index is 12.8. The van der Waals surface area contributed by atoms with E-state index in [1.165, 1.54) is 23.1 Å². The van der Waals surface area contributed by atoms with Crippen molar-refractivity contribution in [1.82, 2.24) is 15.5 Å². The molecule has 0 aliphatic carbocycles. The van der Waals surface area contributed by atoms with Gasteiger partial charge in [0.15, 0.2) is 9.84 Å². The number of hydrogen-bond acceptors (Lipinski definition) is 6. The number of nitrogens with one attached hydrogen (secondary N) is 2. The van der Waals surface area contributed by atoms with E-state index in [0.29, 0.717) is 12.0 Å². The minimum atomic E-state index is -3.42. The zero-order valence-electron chi connectivity index (χ0n) is 18.0. The number of amides is 4. The van der Waals surface area contributed by atoms with Crippen LogP contribution in [0.4, 0.5) is 0 Å². The predicted molar refractivity (Wildman–Crippen MR) is 118 cm³/mol. The Morgan fingerprint density at radius 1 is 1.15 bits per heavy atom. The van der Waals surface area contributed by atoms with Crippen molar-refractivity contribution in [2.75, 3.05) is 5.75 Å². The average Bonchev–Trinajstić information content (AvgIpc) is 3.13. The standard InChI is InChI=1S/C23H23N3O6S/c1-2-33(31,32)17-5-3-4-15(11-17)21(28)24-12-14-6-7-18-16(10-14)13-26(23(18)30)19-8-9-20(27)25-22(19)29/h3-7,10-11,19H,2,8-9,12-13H2,1H3,(H,24,28)(H,25,27,29). The average molecular weight is 470 g/mol. The van der Waals surface area contributed by atoms with E-state index in [4.69, 9.17) is 0 Å². The van der Waals surface area contributed by atoms with Crippen LogP contribution in [-0.2, 0) is 32.5 Å². The molecular weight excluding hydrogens is 446 g/mol. The molecule has 2 aromatic carbocycles. The Morgan fingerprint density at radius 2 is 1.94 bits per heavy atom. The van der Waals surface area contributed by atoms with Gasteiger partial charge in [-0.25, -0.2) is 8.42 Å². The van der Waals surface area contributed by atoms with Crippen molar-refractivity contribution in [2.45, 2.75) is 43.8 Å². The molecule has 10 heteroatoms. The van der Waals surface area contributed by atoms with E-state index in [2.05, 4.69) is 10.6 Å². The Kier molecular flexibility index (Phi) is 6.03. The lowest BCUT2D eigenvalue weighted by Gasteiger charge is -2.29. The van der Waals surface area contributed by atoms with Gasteiger partial charge in [-0.15, -0.1) is 0 Å². The van der Waals surface area contributed by atoms with Crippen LogP contribution in [0.5, 0.6) is 0 Å². The summed E-state index contributed by atoms with van der Waals surface area (Å²) in [6.07, 6.45) is 0.481. The lowest BCUT2D eigenvalue weighted by Crippen LogP contribution is -2.52. The maximum atomic E-state index is 12.8. The Bertz CT molecular complexity index is 1270. The number of nitrogens with zero attached hydrogens (tertiary/aromatic N) is 1. The van der Waals surface area contributed by atoms with Crippen LogP contribution in [0.15, 0.2) is 47.4 Å². The maximum Gasteiger partial charge on any atom is 0.255 e. The fourth-order valence-corrected chi connectivity index (χ4v) is 4.95. The Balaban J connectivity index is 1.44. The summed E-state index contributed by atoms with van der Waals surface area (Å²) in [5.41, 5.74) is 2.24. The van der Waals surface area contributed by atoms with E-state index in [-0.39, 0.29) is 47.5 Å². The largest absolute Gasteiger partial charge is 0.348 e. The van der Waals surface area contributed by atoms with E-state index in [1.54, 1.807) is 31.2 Å². The summed E-state index contributed by atoms with van der Waals surface area (Å²) < 4.78 is 24.1. The molecule has 4 rings (SSSR count). The molecule has 2 aromatic rings. The number of carbonyl (C=O) groups is 4. The van der Waals surface area contributed by atoms with Gasteiger partial charge in [0.25, 0.3) is 11.8 Å². The van der Waals surface area contributed by atoms with Gasteiger partial charge >= 0.3 is 0 Å². The molecule has 172 valence electrons. The molecule has 0 bridgehead atoms. The highest BCUT2D eigenvalue weighted by Crippen LogP contribution is 2.28. The fraction of sp³-hybridized carbons (Fsp3) is 0.304. The van der Waals surface area contributed by atoms with Crippen LogP contribution in [-0.4, -0.2) is 48.7 Å². The van der Waals surface area contributed by atoms with Gasteiger partial charge in [-0.05, 0) is 41.8 Å². The van der Waals surface area contributed by atoms with Gasteiger partial charge in [-0.2, -0.15) is 0 Å². The molecule has 0 aromatic heterocycles. The van der Waals surface area contributed by atoms with Crippen LogP contribution in [0, 0.1) is 0 Å². The second-order valence-corrected chi connectivity index (χ2v) is 10.3. The third kappa shape index (κ3) is 4.51. The van der Waals surface area contributed by atoms with Crippen molar-refractivity contribution in [3.05, 3.63) is 64.7 Å². The van der Waals surface area contributed by atoms with Gasteiger partial charge in [0.2, 0.25) is 11.8 Å². The minimum absolute atomic E-state index is 0.0538. The highest BCUT2D eigenvalue weighted by atomic mass is 32.2. The van der Waals surface area contributed by atoms with Crippen LogP contribution >= 0.6 is 0 Å². The monoisotopic (exact) mass is 469 g/mol. The first-order valence-electron chi connectivity index (χ1n) is 10.6. The summed E-state index contributed by atoms with van der Waals surface area (Å²) in [6.45, 7) is 1.98. The minimum Gasteiger partial charge on any atom is -0.348 e. The predicted octanol–water partition coefficient (Wildman–Crippen LogP) is 1.17. The van der Waals surface area contributed by atoms with Crippen molar-refractivity contribution in [2.24, 2.45) is 0 Å². The van der Waals surface area contributed by atoms with E-state index in [1.807, 2.05) is 0 Å². The zero-order valence-corrected chi connectivity index (χ0v) is 18.8. The number of imide groups is 1. The molecular formula is C23H23N3O6S. The Labute approximate surface area is 191 Å². The molecule has 0 radical (unpaired) electrons. The van der Waals surface area contributed by atoms with Crippen LogP contribution in [0.3, 0.4) is 0 Å². The summed E-state index contributed by atoms with van der Waals surface area (Å²) >= 11 is 0. The molecule has 9 nitrogen and oxygen atoms in total. The first-order valence-corrected chi connectivity index (χ1v) is 12.2. The second kappa shape index (κ2) is 8.78. The molecule has 1 fully saturated rings. The van der Waals surface area contributed by atoms with Crippen molar-refractivity contribution < 1.29 is 27.6 Å². The first-order chi connectivity index (χ1) is 15.7. The van der Waals surface area contributed by atoms with Crippen molar-refractivity contribution in [1.29, 1.82) is 0 Å². The number of carbonyl (C=O) groups excluding carboxylic acids is 4. The zero-order chi connectivity index (χ0) is 23.8. The summed E-state index contributed by atoms with van der Waals surface area (Å²) in [5, 5.41) is 5.04. The number of piperidine rings is 1. The van der Waals surface area contributed by atoms with Gasteiger partial charge in [0.05, 0.1) is 10.6 Å². The van der Waals surface area contributed by atoms with Crippen molar-refractivity contribution in [3.63, 3.8) is 0 Å². The summed E-state index contributed by atoms with van der Waals surface area (Å²) in [4.78, 5) is 50.4. The first kappa shape index (κ1) is 22.7. The molecule has 0 spiro atoms. The number of benzene rings is 2. The summed E-state index contributed by atoms with van der Waals surface area (Å²) in [7, 11) is -3.42. The molecule has 0 saturated carbocycles. The van der Waals surface area contributed by atoms with E-state index >= 15 is 0 Å². The highest BCUT2D eigenvalue weighted by Gasteiger charge is 2.39. The molecule has 1 atom stereocenters. The lowest BCUT2D eigenvalue weighted by atomic mass is 10.0. The quantitative estimate of drug-likeness (QED) is 0.611. The molecule has 2 aliphatic heterocycles. The Morgan fingerprint density at radius 3 is 2.67 bits per heavy atom. The summed E-state index contributed by atoms with van der Waals surface area (Å²) in [6, 6.07) is 10.4. The van der Waals surface area contributed by atoms with Gasteiger partial charge < -0.3 is 10.2 Å². The van der Waals surface area contributed by atoms with Gasteiger partial charge in [0.1, 0.15) is 6.04 Å².